The number of H-pyrrole nitrogens is 1. The summed E-state index contributed by atoms with van der Waals surface area (Å²) in [7, 11) is 1.35. The van der Waals surface area contributed by atoms with Gasteiger partial charge >= 0.3 is 5.97 Å². The van der Waals surface area contributed by atoms with Gasteiger partial charge in [0.25, 0.3) is 5.56 Å². The van der Waals surface area contributed by atoms with E-state index in [1.807, 2.05) is 6.07 Å². The zero-order valence-electron chi connectivity index (χ0n) is 11.5. The Hall–Kier alpha value is -1.60. The van der Waals surface area contributed by atoms with Crippen LogP contribution in [0.2, 0.25) is 0 Å². The van der Waals surface area contributed by atoms with Crippen LogP contribution in [0.5, 0.6) is 0 Å². The summed E-state index contributed by atoms with van der Waals surface area (Å²) in [6.07, 6.45) is 0. The molecule has 0 spiro atoms. The second-order valence-corrected chi connectivity index (χ2v) is 6.10. The van der Waals surface area contributed by atoms with Crippen molar-refractivity contribution in [1.82, 2.24) is 9.97 Å². The minimum absolute atomic E-state index is 0.162. The molecule has 21 heavy (non-hydrogen) atoms. The fourth-order valence-corrected chi connectivity index (χ4v) is 3.31. The predicted octanol–water partition coefficient (Wildman–Crippen LogP) is 2.92. The summed E-state index contributed by atoms with van der Waals surface area (Å²) >= 11 is 4.86. The third-order valence-electron chi connectivity index (χ3n) is 2.69. The summed E-state index contributed by atoms with van der Waals surface area (Å²) in [5, 5.41) is 0.573. The molecule has 7 heteroatoms. The lowest BCUT2D eigenvalue weighted by atomic mass is 10.1. The highest BCUT2D eigenvalue weighted by atomic mass is 79.9. The van der Waals surface area contributed by atoms with Crippen LogP contribution < -0.4 is 5.56 Å². The van der Waals surface area contributed by atoms with Gasteiger partial charge in [-0.2, -0.15) is 0 Å². The molecule has 2 rings (SSSR count). The maximum atomic E-state index is 11.4. The highest BCUT2D eigenvalue weighted by Crippen LogP contribution is 2.25. The molecule has 0 radical (unpaired) electrons. The lowest BCUT2D eigenvalue weighted by Gasteiger charge is -2.06. The van der Waals surface area contributed by atoms with E-state index in [0.717, 1.165) is 10.0 Å². The number of aromatic amines is 1. The van der Waals surface area contributed by atoms with Crippen LogP contribution >= 0.6 is 27.7 Å². The van der Waals surface area contributed by atoms with Gasteiger partial charge in [-0.05, 0) is 24.6 Å². The van der Waals surface area contributed by atoms with Gasteiger partial charge in [0.05, 0.1) is 12.7 Å². The summed E-state index contributed by atoms with van der Waals surface area (Å²) in [6.45, 7) is 1.78. The number of nitrogens with zero attached hydrogens (tertiary/aromatic N) is 1. The number of methoxy groups -OCH3 is 1. The number of aromatic nitrogens is 2. The van der Waals surface area contributed by atoms with Crippen LogP contribution in [0, 0.1) is 6.92 Å². The summed E-state index contributed by atoms with van der Waals surface area (Å²) in [5.74, 6) is 0.244. The Bertz CT molecular complexity index is 730. The Kier molecular flexibility index (Phi) is 5.19. The molecule has 110 valence electrons. The number of nitrogens with one attached hydrogen (secondary N) is 1. The van der Waals surface area contributed by atoms with E-state index in [1.54, 1.807) is 19.1 Å². The van der Waals surface area contributed by atoms with Gasteiger partial charge in [0.1, 0.15) is 0 Å². The van der Waals surface area contributed by atoms with Gasteiger partial charge in [-0.15, -0.1) is 0 Å². The number of carbonyl (C=O) groups excluding carboxylic acids is 1. The molecule has 1 aromatic heterocycles. The molecule has 0 aliphatic carbocycles. The van der Waals surface area contributed by atoms with E-state index in [2.05, 4.69) is 30.6 Å². The Balaban J connectivity index is 2.13. The number of benzene rings is 1. The molecule has 0 fully saturated rings. The first-order valence-electron chi connectivity index (χ1n) is 6.07. The van der Waals surface area contributed by atoms with E-state index in [9.17, 15) is 9.59 Å². The number of aryl methyl sites for hydroxylation is 1. The van der Waals surface area contributed by atoms with Crippen LogP contribution in [-0.2, 0) is 10.5 Å². The zero-order valence-corrected chi connectivity index (χ0v) is 13.9. The molecule has 0 saturated carbocycles. The van der Waals surface area contributed by atoms with E-state index in [0.29, 0.717) is 22.2 Å². The maximum Gasteiger partial charge on any atom is 0.337 e. The number of hydrogen-bond donors (Lipinski definition) is 1. The fraction of sp³-hybridized carbons (Fsp3) is 0.214. The van der Waals surface area contributed by atoms with Crippen LogP contribution in [0.4, 0.5) is 0 Å². The number of thioether (sulfide) groups is 1. The lowest BCUT2D eigenvalue weighted by Crippen LogP contribution is -2.08. The van der Waals surface area contributed by atoms with Crippen molar-refractivity contribution in [2.24, 2.45) is 0 Å². The minimum atomic E-state index is -0.375. The number of esters is 1. The number of carbonyl (C=O) groups is 1. The molecular formula is C14H13BrN2O3S. The van der Waals surface area contributed by atoms with Crippen molar-refractivity contribution in [3.63, 3.8) is 0 Å². The van der Waals surface area contributed by atoms with Gasteiger partial charge in [0.15, 0.2) is 5.16 Å². The van der Waals surface area contributed by atoms with Crippen LogP contribution in [0.25, 0.3) is 0 Å². The quantitative estimate of drug-likeness (QED) is 0.510. The normalized spacial score (nSPS) is 10.4. The van der Waals surface area contributed by atoms with Crippen LogP contribution in [-0.4, -0.2) is 23.0 Å². The molecule has 0 amide bonds. The molecule has 0 bridgehead atoms. The Labute approximate surface area is 134 Å². The minimum Gasteiger partial charge on any atom is -0.465 e. The second kappa shape index (κ2) is 6.91. The van der Waals surface area contributed by atoms with E-state index < -0.39 is 0 Å². The third kappa shape index (κ3) is 4.18. The van der Waals surface area contributed by atoms with E-state index >= 15 is 0 Å². The van der Waals surface area contributed by atoms with Gasteiger partial charge in [0.2, 0.25) is 0 Å². The average molecular weight is 369 g/mol. The van der Waals surface area contributed by atoms with Crippen LogP contribution in [0.1, 0.15) is 21.6 Å². The van der Waals surface area contributed by atoms with Gasteiger partial charge in [0, 0.05) is 22.0 Å². The highest BCUT2D eigenvalue weighted by molar-refractivity contribution is 9.10. The van der Waals surface area contributed by atoms with Gasteiger partial charge in [-0.3, -0.25) is 4.79 Å². The third-order valence-corrected chi connectivity index (χ3v) is 4.35. The average Bonchev–Trinajstić information content (AvgIpc) is 2.44. The fourth-order valence-electron chi connectivity index (χ4n) is 1.68. The van der Waals surface area contributed by atoms with E-state index in [-0.39, 0.29) is 11.5 Å². The lowest BCUT2D eigenvalue weighted by molar-refractivity contribution is 0.0600. The first kappa shape index (κ1) is 15.8. The van der Waals surface area contributed by atoms with Crippen molar-refractivity contribution in [2.45, 2.75) is 17.8 Å². The van der Waals surface area contributed by atoms with Crippen molar-refractivity contribution < 1.29 is 9.53 Å². The predicted molar refractivity (Wildman–Crippen MR) is 84.6 cm³/mol. The SMILES string of the molecule is COC(=O)c1ccc(CSc2nc(C)cc(=O)[nH]2)c(Br)c1. The number of hydrogen-bond acceptors (Lipinski definition) is 5. The summed E-state index contributed by atoms with van der Waals surface area (Å²) in [6, 6.07) is 6.72. The first-order chi connectivity index (χ1) is 9.99. The zero-order chi connectivity index (χ0) is 15.4. The number of ether oxygens (including phenoxy) is 1. The highest BCUT2D eigenvalue weighted by Gasteiger charge is 2.09. The van der Waals surface area contributed by atoms with Crippen molar-refractivity contribution in [2.75, 3.05) is 7.11 Å². The molecule has 1 aromatic carbocycles. The largest absolute Gasteiger partial charge is 0.465 e. The Morgan fingerprint density at radius 2 is 2.19 bits per heavy atom. The molecule has 0 saturated heterocycles. The Morgan fingerprint density at radius 1 is 1.43 bits per heavy atom. The topological polar surface area (TPSA) is 72.0 Å². The molecule has 5 nitrogen and oxygen atoms in total. The first-order valence-corrected chi connectivity index (χ1v) is 7.85. The standard InChI is InChI=1S/C14H13BrN2O3S/c1-8-5-12(18)17-14(16-8)21-7-10-4-3-9(6-11(10)15)13(19)20-2/h3-6H,7H2,1-2H3,(H,16,17,18). The molecule has 1 N–H and O–H groups in total. The Morgan fingerprint density at radius 3 is 2.81 bits per heavy atom. The van der Waals surface area contributed by atoms with E-state index in [1.165, 1.54) is 24.9 Å². The van der Waals surface area contributed by atoms with E-state index in [4.69, 9.17) is 0 Å². The molecule has 1 heterocycles. The van der Waals surface area contributed by atoms with Crippen molar-refractivity contribution >= 4 is 33.7 Å². The van der Waals surface area contributed by atoms with Gasteiger partial charge in [-0.1, -0.05) is 33.8 Å². The van der Waals surface area contributed by atoms with Gasteiger partial charge < -0.3 is 9.72 Å². The maximum absolute atomic E-state index is 11.4. The number of rotatable bonds is 4. The van der Waals surface area contributed by atoms with Crippen LogP contribution in [0.15, 0.2) is 38.7 Å². The molecular weight excluding hydrogens is 356 g/mol. The molecule has 0 atom stereocenters. The smallest absolute Gasteiger partial charge is 0.337 e. The summed E-state index contributed by atoms with van der Waals surface area (Å²) in [4.78, 5) is 29.7. The van der Waals surface area contributed by atoms with Crippen molar-refractivity contribution in [1.29, 1.82) is 0 Å². The second-order valence-electron chi connectivity index (χ2n) is 4.28. The molecule has 2 aromatic rings. The summed E-state index contributed by atoms with van der Waals surface area (Å²) in [5.41, 5.74) is 2.00. The molecule has 0 aliphatic heterocycles. The summed E-state index contributed by atoms with van der Waals surface area (Å²) < 4.78 is 5.48. The van der Waals surface area contributed by atoms with Gasteiger partial charge in [-0.25, -0.2) is 9.78 Å². The molecule has 0 aliphatic rings. The van der Waals surface area contributed by atoms with Crippen LogP contribution in [0.3, 0.4) is 0 Å². The molecule has 0 unspecified atom stereocenters. The monoisotopic (exact) mass is 368 g/mol. The van der Waals surface area contributed by atoms with Crippen molar-refractivity contribution in [3.05, 3.63) is 55.9 Å². The number of halogens is 1. The van der Waals surface area contributed by atoms with Crippen molar-refractivity contribution in [3.8, 4) is 0 Å².